The third-order valence-electron chi connectivity index (χ3n) is 2.65. The van der Waals surface area contributed by atoms with Gasteiger partial charge in [-0.3, -0.25) is 0 Å². The molecule has 0 amide bonds. The number of ether oxygens (including phenoxy) is 1. The molecular formula is C15H16O. The Morgan fingerprint density at radius 2 is 1.31 bits per heavy atom. The summed E-state index contributed by atoms with van der Waals surface area (Å²) in [4.78, 5) is 0. The van der Waals surface area contributed by atoms with Crippen molar-refractivity contribution in [3.63, 3.8) is 0 Å². The average molecular weight is 212 g/mol. The van der Waals surface area contributed by atoms with Gasteiger partial charge in [0.05, 0.1) is 0 Å². The minimum atomic E-state index is 0.892. The summed E-state index contributed by atoms with van der Waals surface area (Å²) in [6, 6.07) is 14.3. The van der Waals surface area contributed by atoms with Crippen molar-refractivity contribution in [1.82, 2.24) is 0 Å². The monoisotopic (exact) mass is 212 g/mol. The van der Waals surface area contributed by atoms with Gasteiger partial charge in [-0.15, -0.1) is 0 Å². The lowest BCUT2D eigenvalue weighted by Crippen LogP contribution is -1.90. The normalized spacial score (nSPS) is 10.2. The third kappa shape index (κ3) is 2.25. The molecule has 82 valence electrons. The molecule has 2 aromatic carbocycles. The maximum Gasteiger partial charge on any atom is 0.133 e. The fourth-order valence-corrected chi connectivity index (χ4v) is 1.68. The molecule has 16 heavy (non-hydrogen) atoms. The Labute approximate surface area is 96.7 Å². The maximum atomic E-state index is 5.89. The Morgan fingerprint density at radius 1 is 0.750 bits per heavy atom. The van der Waals surface area contributed by atoms with Crippen molar-refractivity contribution >= 4 is 0 Å². The lowest BCUT2D eigenvalue weighted by Gasteiger charge is -2.11. The van der Waals surface area contributed by atoms with Crippen LogP contribution in [-0.4, -0.2) is 0 Å². The van der Waals surface area contributed by atoms with Crippen molar-refractivity contribution in [3.05, 3.63) is 59.2 Å². The summed E-state index contributed by atoms with van der Waals surface area (Å²) in [7, 11) is 0. The molecule has 1 nitrogen and oxygen atoms in total. The van der Waals surface area contributed by atoms with Gasteiger partial charge in [0.25, 0.3) is 0 Å². The van der Waals surface area contributed by atoms with Gasteiger partial charge in [0.2, 0.25) is 0 Å². The smallest absolute Gasteiger partial charge is 0.133 e. The van der Waals surface area contributed by atoms with Crippen molar-refractivity contribution in [3.8, 4) is 11.5 Å². The van der Waals surface area contributed by atoms with Gasteiger partial charge in [-0.25, -0.2) is 0 Å². The van der Waals surface area contributed by atoms with Crippen molar-refractivity contribution < 1.29 is 4.74 Å². The van der Waals surface area contributed by atoms with Crippen LogP contribution in [0.15, 0.2) is 42.5 Å². The molecule has 0 radical (unpaired) electrons. The number of benzene rings is 2. The highest BCUT2D eigenvalue weighted by Gasteiger charge is 2.04. The Kier molecular flexibility index (Phi) is 2.95. The van der Waals surface area contributed by atoms with Crippen LogP contribution in [0.2, 0.25) is 0 Å². The molecule has 0 saturated carbocycles. The first-order chi connectivity index (χ1) is 7.66. The standard InChI is InChI=1S/C15H16O/c1-11-7-9-14(10-8-11)16-15-12(2)5-4-6-13(15)3/h4-10H,1-3H3. The first kappa shape index (κ1) is 10.7. The molecule has 0 aliphatic rings. The lowest BCUT2D eigenvalue weighted by atomic mass is 10.1. The van der Waals surface area contributed by atoms with Crippen molar-refractivity contribution in [2.45, 2.75) is 20.8 Å². The Balaban J connectivity index is 2.30. The predicted octanol–water partition coefficient (Wildman–Crippen LogP) is 4.40. The van der Waals surface area contributed by atoms with Gasteiger partial charge in [-0.1, -0.05) is 35.9 Å². The van der Waals surface area contributed by atoms with Gasteiger partial charge >= 0.3 is 0 Å². The molecule has 0 saturated heterocycles. The molecule has 2 rings (SSSR count). The highest BCUT2D eigenvalue weighted by Crippen LogP contribution is 2.28. The Morgan fingerprint density at radius 3 is 1.88 bits per heavy atom. The second-order valence-electron chi connectivity index (χ2n) is 4.14. The molecule has 0 N–H and O–H groups in total. The number of hydrogen-bond acceptors (Lipinski definition) is 1. The van der Waals surface area contributed by atoms with Crippen molar-refractivity contribution in [2.24, 2.45) is 0 Å². The first-order valence-corrected chi connectivity index (χ1v) is 5.47. The van der Waals surface area contributed by atoms with E-state index in [1.807, 2.05) is 18.2 Å². The largest absolute Gasteiger partial charge is 0.457 e. The van der Waals surface area contributed by atoms with E-state index in [-0.39, 0.29) is 0 Å². The summed E-state index contributed by atoms with van der Waals surface area (Å²) < 4.78 is 5.89. The summed E-state index contributed by atoms with van der Waals surface area (Å²) in [6.07, 6.45) is 0. The fourth-order valence-electron chi connectivity index (χ4n) is 1.68. The van der Waals surface area contributed by atoms with Crippen molar-refractivity contribution in [1.29, 1.82) is 0 Å². The molecule has 2 aromatic rings. The van der Waals surface area contributed by atoms with E-state index >= 15 is 0 Å². The average Bonchev–Trinajstić information content (AvgIpc) is 2.26. The summed E-state index contributed by atoms with van der Waals surface area (Å²) in [5, 5.41) is 0. The van der Waals surface area contributed by atoms with E-state index in [1.165, 1.54) is 16.7 Å². The van der Waals surface area contributed by atoms with E-state index in [2.05, 4.69) is 45.0 Å². The lowest BCUT2D eigenvalue weighted by molar-refractivity contribution is 0.475. The van der Waals surface area contributed by atoms with E-state index in [0.29, 0.717) is 0 Å². The van der Waals surface area contributed by atoms with E-state index in [0.717, 1.165) is 11.5 Å². The zero-order valence-electron chi connectivity index (χ0n) is 9.95. The van der Waals surface area contributed by atoms with Crippen LogP contribution < -0.4 is 4.74 Å². The summed E-state index contributed by atoms with van der Waals surface area (Å²) in [6.45, 7) is 6.20. The molecule has 1 heteroatoms. The predicted molar refractivity (Wildman–Crippen MR) is 67.2 cm³/mol. The van der Waals surface area contributed by atoms with Gasteiger partial charge < -0.3 is 4.74 Å². The summed E-state index contributed by atoms with van der Waals surface area (Å²) in [5.41, 5.74) is 3.58. The third-order valence-corrected chi connectivity index (χ3v) is 2.65. The highest BCUT2D eigenvalue weighted by atomic mass is 16.5. The molecule has 0 aliphatic carbocycles. The Bertz CT molecular complexity index is 463. The number of rotatable bonds is 2. The highest BCUT2D eigenvalue weighted by molar-refractivity contribution is 5.43. The van der Waals surface area contributed by atoms with Gasteiger partial charge in [0, 0.05) is 0 Å². The zero-order chi connectivity index (χ0) is 11.5. The molecular weight excluding hydrogens is 196 g/mol. The molecule has 0 aliphatic heterocycles. The van der Waals surface area contributed by atoms with Gasteiger partial charge in [0.15, 0.2) is 0 Å². The minimum Gasteiger partial charge on any atom is -0.457 e. The molecule has 0 spiro atoms. The number of para-hydroxylation sites is 1. The van der Waals surface area contributed by atoms with Crippen LogP contribution in [0.5, 0.6) is 11.5 Å². The minimum absolute atomic E-state index is 0.892. The van der Waals surface area contributed by atoms with Crippen LogP contribution in [0.3, 0.4) is 0 Å². The molecule has 0 atom stereocenters. The second kappa shape index (κ2) is 4.40. The van der Waals surface area contributed by atoms with Crippen LogP contribution >= 0.6 is 0 Å². The van der Waals surface area contributed by atoms with Crippen molar-refractivity contribution in [2.75, 3.05) is 0 Å². The number of aryl methyl sites for hydroxylation is 3. The van der Waals surface area contributed by atoms with Crippen LogP contribution in [0, 0.1) is 20.8 Å². The summed E-state index contributed by atoms with van der Waals surface area (Å²) >= 11 is 0. The molecule has 0 aromatic heterocycles. The van der Waals surface area contributed by atoms with E-state index in [1.54, 1.807) is 0 Å². The Hall–Kier alpha value is -1.76. The van der Waals surface area contributed by atoms with E-state index in [4.69, 9.17) is 4.74 Å². The van der Waals surface area contributed by atoms with Crippen LogP contribution in [0.25, 0.3) is 0 Å². The number of hydrogen-bond donors (Lipinski definition) is 0. The SMILES string of the molecule is Cc1ccc(Oc2c(C)cccc2C)cc1. The molecule has 0 bridgehead atoms. The van der Waals surface area contributed by atoms with Gasteiger partial charge in [0.1, 0.15) is 11.5 Å². The van der Waals surface area contributed by atoms with Gasteiger partial charge in [-0.2, -0.15) is 0 Å². The van der Waals surface area contributed by atoms with E-state index in [9.17, 15) is 0 Å². The quantitative estimate of drug-likeness (QED) is 0.716. The summed E-state index contributed by atoms with van der Waals surface area (Å²) in [5.74, 6) is 1.86. The van der Waals surface area contributed by atoms with Gasteiger partial charge in [-0.05, 0) is 44.0 Å². The zero-order valence-corrected chi connectivity index (χ0v) is 9.95. The topological polar surface area (TPSA) is 9.23 Å². The van der Waals surface area contributed by atoms with E-state index < -0.39 is 0 Å². The second-order valence-corrected chi connectivity index (χ2v) is 4.14. The molecule has 0 fully saturated rings. The maximum absolute atomic E-state index is 5.89. The molecule has 0 heterocycles. The van der Waals surface area contributed by atoms with Crippen LogP contribution in [0.4, 0.5) is 0 Å². The van der Waals surface area contributed by atoms with Crippen LogP contribution in [-0.2, 0) is 0 Å². The molecule has 0 unspecified atom stereocenters. The fraction of sp³-hybridized carbons (Fsp3) is 0.200. The van der Waals surface area contributed by atoms with Crippen LogP contribution in [0.1, 0.15) is 16.7 Å². The first-order valence-electron chi connectivity index (χ1n) is 5.47.